The number of hydrogen-bond donors (Lipinski definition) is 1. The molecule has 0 aromatic heterocycles. The number of hydrogen-bond acceptors (Lipinski definition) is 4. The van der Waals surface area contributed by atoms with Crippen molar-refractivity contribution in [3.63, 3.8) is 0 Å². The lowest BCUT2D eigenvalue weighted by Gasteiger charge is -2.36. The highest BCUT2D eigenvalue weighted by molar-refractivity contribution is 7.99. The van der Waals surface area contributed by atoms with Gasteiger partial charge in [0.2, 0.25) is 0 Å². The van der Waals surface area contributed by atoms with Gasteiger partial charge < -0.3 is 10.0 Å². The Labute approximate surface area is 142 Å². The molecule has 3 rings (SSSR count). The molecule has 0 spiro atoms. The maximum absolute atomic E-state index is 9.37. The van der Waals surface area contributed by atoms with Crippen molar-refractivity contribution in [3.8, 4) is 0 Å². The maximum Gasteiger partial charge on any atom is 0.0692 e. The second-order valence-electron chi connectivity index (χ2n) is 5.78. The van der Waals surface area contributed by atoms with E-state index in [0.29, 0.717) is 0 Å². The molecule has 0 bridgehead atoms. The molecule has 0 aliphatic carbocycles. The predicted octanol–water partition coefficient (Wildman–Crippen LogP) is 3.09. The van der Waals surface area contributed by atoms with E-state index in [4.69, 9.17) is 0 Å². The van der Waals surface area contributed by atoms with Crippen LogP contribution < -0.4 is 4.90 Å². The SMILES string of the molecule is OCc1ccccc1SCCN1CCN(c2ccccc2)CC1. The Morgan fingerprint density at radius 2 is 1.57 bits per heavy atom. The number of aliphatic hydroxyl groups excluding tert-OH is 1. The highest BCUT2D eigenvalue weighted by Crippen LogP contribution is 2.23. The predicted molar refractivity (Wildman–Crippen MR) is 98.2 cm³/mol. The summed E-state index contributed by atoms with van der Waals surface area (Å²) in [4.78, 5) is 6.21. The van der Waals surface area contributed by atoms with E-state index in [2.05, 4.69) is 46.2 Å². The van der Waals surface area contributed by atoms with Crippen LogP contribution in [-0.2, 0) is 6.61 Å². The topological polar surface area (TPSA) is 26.7 Å². The first-order valence-corrected chi connectivity index (χ1v) is 9.19. The number of thioether (sulfide) groups is 1. The molecule has 122 valence electrons. The van der Waals surface area contributed by atoms with Crippen LogP contribution in [0, 0.1) is 0 Å². The molecule has 0 unspecified atom stereocenters. The van der Waals surface area contributed by atoms with Crippen molar-refractivity contribution in [3.05, 3.63) is 60.2 Å². The average Bonchev–Trinajstić information content (AvgIpc) is 2.63. The molecule has 0 saturated carbocycles. The minimum absolute atomic E-state index is 0.124. The largest absolute Gasteiger partial charge is 0.392 e. The van der Waals surface area contributed by atoms with Crippen LogP contribution in [0.1, 0.15) is 5.56 Å². The Kier molecular flexibility index (Phi) is 5.97. The van der Waals surface area contributed by atoms with E-state index in [1.807, 2.05) is 30.0 Å². The minimum Gasteiger partial charge on any atom is -0.392 e. The average molecular weight is 328 g/mol. The molecule has 3 nitrogen and oxygen atoms in total. The fourth-order valence-corrected chi connectivity index (χ4v) is 3.99. The van der Waals surface area contributed by atoms with Crippen LogP contribution in [0.15, 0.2) is 59.5 Å². The number of anilines is 1. The molecular weight excluding hydrogens is 304 g/mol. The second kappa shape index (κ2) is 8.39. The molecule has 2 aromatic rings. The molecule has 0 radical (unpaired) electrons. The summed E-state index contributed by atoms with van der Waals surface area (Å²) in [7, 11) is 0. The van der Waals surface area contributed by atoms with Crippen molar-refractivity contribution in [2.45, 2.75) is 11.5 Å². The molecule has 23 heavy (non-hydrogen) atoms. The summed E-state index contributed by atoms with van der Waals surface area (Å²) in [5.74, 6) is 1.07. The first kappa shape index (κ1) is 16.4. The summed E-state index contributed by atoms with van der Waals surface area (Å²) in [5.41, 5.74) is 2.37. The first-order chi connectivity index (χ1) is 11.4. The fourth-order valence-electron chi connectivity index (χ4n) is 2.93. The third kappa shape index (κ3) is 4.50. The highest BCUT2D eigenvalue weighted by atomic mass is 32.2. The zero-order valence-corrected chi connectivity index (χ0v) is 14.2. The van der Waals surface area contributed by atoms with Gasteiger partial charge in [-0.3, -0.25) is 4.90 Å². The van der Waals surface area contributed by atoms with Crippen LogP contribution in [0.2, 0.25) is 0 Å². The van der Waals surface area contributed by atoms with E-state index < -0.39 is 0 Å². The van der Waals surface area contributed by atoms with Crippen LogP contribution in [0.4, 0.5) is 5.69 Å². The lowest BCUT2D eigenvalue weighted by Crippen LogP contribution is -2.47. The second-order valence-corrected chi connectivity index (χ2v) is 6.92. The third-order valence-electron chi connectivity index (χ3n) is 4.30. The summed E-state index contributed by atoms with van der Waals surface area (Å²) in [6, 6.07) is 18.8. The Morgan fingerprint density at radius 1 is 0.870 bits per heavy atom. The molecule has 1 aliphatic rings. The Hall–Kier alpha value is -1.49. The molecular formula is C19H24N2OS. The lowest BCUT2D eigenvalue weighted by molar-refractivity contribution is 0.273. The molecule has 1 saturated heterocycles. The van der Waals surface area contributed by atoms with Crippen molar-refractivity contribution >= 4 is 17.4 Å². The van der Waals surface area contributed by atoms with Crippen LogP contribution in [0.5, 0.6) is 0 Å². The van der Waals surface area contributed by atoms with Gasteiger partial charge in [-0.1, -0.05) is 36.4 Å². The number of benzene rings is 2. The van der Waals surface area contributed by atoms with E-state index >= 15 is 0 Å². The van der Waals surface area contributed by atoms with Crippen LogP contribution in [0.25, 0.3) is 0 Å². The van der Waals surface area contributed by atoms with Crippen LogP contribution >= 0.6 is 11.8 Å². The van der Waals surface area contributed by atoms with Gasteiger partial charge in [-0.2, -0.15) is 0 Å². The zero-order chi connectivity index (χ0) is 15.9. The molecule has 0 amide bonds. The molecule has 1 fully saturated rings. The van der Waals surface area contributed by atoms with Crippen LogP contribution in [-0.4, -0.2) is 48.5 Å². The smallest absolute Gasteiger partial charge is 0.0692 e. The minimum atomic E-state index is 0.124. The normalized spacial score (nSPS) is 15.8. The number of rotatable bonds is 6. The number of piperazine rings is 1. The molecule has 4 heteroatoms. The number of aliphatic hydroxyl groups is 1. The van der Waals surface area contributed by atoms with Gasteiger partial charge in [0.05, 0.1) is 6.61 Å². The standard InChI is InChI=1S/C19H24N2OS/c22-16-17-6-4-5-9-19(17)23-15-14-20-10-12-21(13-11-20)18-7-2-1-3-8-18/h1-9,22H,10-16H2. The van der Waals surface area contributed by atoms with Crippen molar-refractivity contribution in [2.75, 3.05) is 43.4 Å². The van der Waals surface area contributed by atoms with E-state index in [1.54, 1.807) is 0 Å². The van der Waals surface area contributed by atoms with Gasteiger partial charge in [0, 0.05) is 49.1 Å². The van der Waals surface area contributed by atoms with Crippen molar-refractivity contribution in [2.24, 2.45) is 0 Å². The van der Waals surface area contributed by atoms with Gasteiger partial charge in [-0.05, 0) is 23.8 Å². The number of nitrogens with zero attached hydrogens (tertiary/aromatic N) is 2. The van der Waals surface area contributed by atoms with Crippen molar-refractivity contribution in [1.29, 1.82) is 0 Å². The molecule has 0 atom stereocenters. The van der Waals surface area contributed by atoms with E-state index in [0.717, 1.165) is 44.0 Å². The Morgan fingerprint density at radius 3 is 2.30 bits per heavy atom. The first-order valence-electron chi connectivity index (χ1n) is 8.21. The maximum atomic E-state index is 9.37. The van der Waals surface area contributed by atoms with Gasteiger partial charge >= 0.3 is 0 Å². The Balaban J connectivity index is 1.43. The van der Waals surface area contributed by atoms with E-state index in [1.165, 1.54) is 10.6 Å². The van der Waals surface area contributed by atoms with Gasteiger partial charge in [0.1, 0.15) is 0 Å². The summed E-state index contributed by atoms with van der Waals surface area (Å²) >= 11 is 1.85. The summed E-state index contributed by atoms with van der Waals surface area (Å²) in [6.45, 7) is 5.67. The molecule has 1 heterocycles. The molecule has 2 aromatic carbocycles. The van der Waals surface area contributed by atoms with Crippen molar-refractivity contribution in [1.82, 2.24) is 4.90 Å². The summed E-state index contributed by atoms with van der Waals surface area (Å²) in [5, 5.41) is 9.37. The van der Waals surface area contributed by atoms with E-state index in [-0.39, 0.29) is 6.61 Å². The van der Waals surface area contributed by atoms with Crippen molar-refractivity contribution < 1.29 is 5.11 Å². The zero-order valence-electron chi connectivity index (χ0n) is 13.4. The van der Waals surface area contributed by atoms with Gasteiger partial charge in [-0.15, -0.1) is 11.8 Å². The Bertz CT molecular complexity index is 597. The highest BCUT2D eigenvalue weighted by Gasteiger charge is 2.16. The van der Waals surface area contributed by atoms with Gasteiger partial charge in [-0.25, -0.2) is 0 Å². The number of para-hydroxylation sites is 1. The summed E-state index contributed by atoms with van der Waals surface area (Å²) in [6.07, 6.45) is 0. The molecule has 1 N–H and O–H groups in total. The lowest BCUT2D eigenvalue weighted by atomic mass is 10.2. The summed E-state index contributed by atoms with van der Waals surface area (Å²) < 4.78 is 0. The molecule has 1 aliphatic heterocycles. The fraction of sp³-hybridized carbons (Fsp3) is 0.368. The van der Waals surface area contributed by atoms with Gasteiger partial charge in [0.15, 0.2) is 0 Å². The van der Waals surface area contributed by atoms with E-state index in [9.17, 15) is 5.11 Å². The van der Waals surface area contributed by atoms with Crippen LogP contribution in [0.3, 0.4) is 0 Å². The quantitative estimate of drug-likeness (QED) is 0.825. The third-order valence-corrected chi connectivity index (χ3v) is 5.40. The van der Waals surface area contributed by atoms with Gasteiger partial charge in [0.25, 0.3) is 0 Å². The monoisotopic (exact) mass is 328 g/mol.